The molecule has 0 amide bonds. The number of nitrogens with zero attached hydrogens (tertiary/aromatic N) is 3. The van der Waals surface area contributed by atoms with E-state index in [1.165, 1.54) is 0 Å². The van der Waals surface area contributed by atoms with Crippen LogP contribution in [0.4, 0.5) is 11.4 Å². The number of likely N-dealkylation sites (N-methyl/N-ethyl adjacent to an activating group) is 1. The van der Waals surface area contributed by atoms with Crippen molar-refractivity contribution in [1.29, 1.82) is 0 Å². The van der Waals surface area contributed by atoms with Gasteiger partial charge in [0, 0.05) is 42.6 Å². The van der Waals surface area contributed by atoms with Crippen LogP contribution >= 0.6 is 0 Å². The summed E-state index contributed by atoms with van der Waals surface area (Å²) in [4.78, 5) is 17.1. The van der Waals surface area contributed by atoms with Gasteiger partial charge in [0.15, 0.2) is 0 Å². The van der Waals surface area contributed by atoms with Crippen LogP contribution in [0.3, 0.4) is 0 Å². The van der Waals surface area contributed by atoms with Gasteiger partial charge in [0.1, 0.15) is 0 Å². The largest absolute Gasteiger partial charge is 0.383 e. The lowest BCUT2D eigenvalue weighted by molar-refractivity contribution is -0.383. The zero-order chi connectivity index (χ0) is 15.2. The van der Waals surface area contributed by atoms with E-state index in [-0.39, 0.29) is 10.6 Å². The van der Waals surface area contributed by atoms with Gasteiger partial charge in [0.2, 0.25) is 0 Å². The molecule has 21 heavy (non-hydrogen) atoms. The number of anilines is 1. The number of hydrogen-bond acceptors (Lipinski definition) is 5. The van der Waals surface area contributed by atoms with Gasteiger partial charge < -0.3 is 10.2 Å². The zero-order valence-electron chi connectivity index (χ0n) is 12.4. The molecule has 0 saturated heterocycles. The summed E-state index contributed by atoms with van der Waals surface area (Å²) >= 11 is 0. The topological polar surface area (TPSA) is 71.3 Å². The SMILES string of the molecule is CCN(CC)CCNc1ccc([N+](=O)[O-])c2ccncc12. The number of fused-ring (bicyclic) bond motifs is 1. The van der Waals surface area contributed by atoms with Crippen molar-refractivity contribution in [2.75, 3.05) is 31.5 Å². The third-order valence-corrected chi connectivity index (χ3v) is 3.63. The summed E-state index contributed by atoms with van der Waals surface area (Å²) in [5.74, 6) is 0. The van der Waals surface area contributed by atoms with Crippen LogP contribution in [0.15, 0.2) is 30.6 Å². The molecule has 0 spiro atoms. The highest BCUT2D eigenvalue weighted by Gasteiger charge is 2.14. The van der Waals surface area contributed by atoms with E-state index in [4.69, 9.17) is 0 Å². The molecule has 6 nitrogen and oxygen atoms in total. The molecular formula is C15H20N4O2. The van der Waals surface area contributed by atoms with Crippen molar-refractivity contribution in [2.24, 2.45) is 0 Å². The first-order chi connectivity index (χ1) is 10.2. The zero-order valence-corrected chi connectivity index (χ0v) is 12.4. The van der Waals surface area contributed by atoms with Gasteiger partial charge in [-0.25, -0.2) is 0 Å². The number of hydrogen-bond donors (Lipinski definition) is 1. The molecule has 0 aliphatic rings. The van der Waals surface area contributed by atoms with Crippen molar-refractivity contribution in [3.63, 3.8) is 0 Å². The molecule has 1 aromatic heterocycles. The predicted molar refractivity (Wildman–Crippen MR) is 84.7 cm³/mol. The minimum absolute atomic E-state index is 0.113. The van der Waals surface area contributed by atoms with Crippen LogP contribution < -0.4 is 5.32 Å². The normalized spacial score (nSPS) is 11.0. The molecule has 0 atom stereocenters. The van der Waals surface area contributed by atoms with Crippen LogP contribution in [-0.4, -0.2) is 41.0 Å². The van der Waals surface area contributed by atoms with Gasteiger partial charge in [-0.2, -0.15) is 0 Å². The molecule has 0 saturated carbocycles. The number of rotatable bonds is 7. The molecule has 2 aromatic rings. The van der Waals surface area contributed by atoms with Crippen molar-refractivity contribution >= 4 is 22.1 Å². The maximum Gasteiger partial charge on any atom is 0.277 e. The molecule has 0 aliphatic heterocycles. The van der Waals surface area contributed by atoms with Gasteiger partial charge >= 0.3 is 0 Å². The fourth-order valence-electron chi connectivity index (χ4n) is 2.38. The standard InChI is InChI=1S/C15H20N4O2/c1-3-18(4-2)10-9-17-14-5-6-15(19(20)21)12-7-8-16-11-13(12)14/h5-8,11,17H,3-4,9-10H2,1-2H3. The lowest BCUT2D eigenvalue weighted by Gasteiger charge is -2.18. The minimum Gasteiger partial charge on any atom is -0.383 e. The van der Waals surface area contributed by atoms with E-state index in [2.05, 4.69) is 29.0 Å². The summed E-state index contributed by atoms with van der Waals surface area (Å²) in [6.45, 7) is 8.03. The van der Waals surface area contributed by atoms with Gasteiger partial charge in [-0.15, -0.1) is 0 Å². The number of nitro groups is 1. The second kappa shape index (κ2) is 6.99. The summed E-state index contributed by atoms with van der Waals surface area (Å²) in [5.41, 5.74) is 0.998. The molecule has 1 heterocycles. The molecule has 112 valence electrons. The van der Waals surface area contributed by atoms with Crippen LogP contribution in [0.1, 0.15) is 13.8 Å². The van der Waals surface area contributed by atoms with Gasteiger partial charge in [-0.05, 0) is 25.2 Å². The molecular weight excluding hydrogens is 268 g/mol. The number of non-ortho nitro benzene ring substituents is 1. The molecule has 2 rings (SSSR count). The Balaban J connectivity index is 2.21. The van der Waals surface area contributed by atoms with E-state index < -0.39 is 0 Å². The molecule has 6 heteroatoms. The Bertz CT molecular complexity index is 626. The van der Waals surface area contributed by atoms with Crippen molar-refractivity contribution in [2.45, 2.75) is 13.8 Å². The number of benzene rings is 1. The molecule has 1 aromatic carbocycles. The molecule has 0 aliphatic carbocycles. The third kappa shape index (κ3) is 3.46. The van der Waals surface area contributed by atoms with Crippen LogP contribution in [0.5, 0.6) is 0 Å². The highest BCUT2D eigenvalue weighted by molar-refractivity contribution is 5.99. The Hall–Kier alpha value is -2.21. The number of aromatic nitrogens is 1. The smallest absolute Gasteiger partial charge is 0.277 e. The first-order valence-corrected chi connectivity index (χ1v) is 7.14. The lowest BCUT2D eigenvalue weighted by atomic mass is 10.1. The quantitative estimate of drug-likeness (QED) is 0.626. The minimum atomic E-state index is -0.359. The first kappa shape index (κ1) is 15.2. The lowest BCUT2D eigenvalue weighted by Crippen LogP contribution is -2.28. The van der Waals surface area contributed by atoms with E-state index in [9.17, 15) is 10.1 Å². The Labute approximate surface area is 123 Å². The van der Waals surface area contributed by atoms with Gasteiger partial charge in [-0.3, -0.25) is 15.1 Å². The highest BCUT2D eigenvalue weighted by atomic mass is 16.6. The third-order valence-electron chi connectivity index (χ3n) is 3.63. The highest BCUT2D eigenvalue weighted by Crippen LogP contribution is 2.30. The van der Waals surface area contributed by atoms with Gasteiger partial charge in [0.25, 0.3) is 5.69 Å². The van der Waals surface area contributed by atoms with Crippen LogP contribution in [0, 0.1) is 10.1 Å². The van der Waals surface area contributed by atoms with Crippen LogP contribution in [0.2, 0.25) is 0 Å². The summed E-state index contributed by atoms with van der Waals surface area (Å²) in [6.07, 6.45) is 3.25. The average Bonchev–Trinajstić information content (AvgIpc) is 2.51. The number of pyridine rings is 1. The molecule has 1 N–H and O–H groups in total. The fraction of sp³-hybridized carbons (Fsp3) is 0.400. The number of nitro benzene ring substituents is 1. The Morgan fingerprint density at radius 1 is 1.24 bits per heavy atom. The van der Waals surface area contributed by atoms with E-state index in [0.717, 1.165) is 37.3 Å². The van der Waals surface area contributed by atoms with Crippen LogP contribution in [0.25, 0.3) is 10.8 Å². The summed E-state index contributed by atoms with van der Waals surface area (Å²) < 4.78 is 0. The average molecular weight is 288 g/mol. The summed E-state index contributed by atoms with van der Waals surface area (Å²) in [5, 5.41) is 15.8. The maximum absolute atomic E-state index is 11.1. The number of nitrogens with one attached hydrogen (secondary N) is 1. The Morgan fingerprint density at radius 3 is 2.67 bits per heavy atom. The van der Waals surface area contributed by atoms with Crippen LogP contribution in [-0.2, 0) is 0 Å². The summed E-state index contributed by atoms with van der Waals surface area (Å²) in [6, 6.07) is 4.98. The van der Waals surface area contributed by atoms with Crippen molar-refractivity contribution < 1.29 is 4.92 Å². The fourth-order valence-corrected chi connectivity index (χ4v) is 2.38. The van der Waals surface area contributed by atoms with E-state index in [1.54, 1.807) is 30.6 Å². The predicted octanol–water partition coefficient (Wildman–Crippen LogP) is 2.90. The van der Waals surface area contributed by atoms with E-state index >= 15 is 0 Å². The monoisotopic (exact) mass is 288 g/mol. The molecule has 0 unspecified atom stereocenters. The molecule has 0 radical (unpaired) electrons. The van der Waals surface area contributed by atoms with Crippen molar-refractivity contribution in [3.05, 3.63) is 40.7 Å². The second-order valence-corrected chi connectivity index (χ2v) is 4.76. The first-order valence-electron chi connectivity index (χ1n) is 7.14. The second-order valence-electron chi connectivity index (χ2n) is 4.76. The Morgan fingerprint density at radius 2 is 2.00 bits per heavy atom. The van der Waals surface area contributed by atoms with Crippen molar-refractivity contribution in [1.82, 2.24) is 9.88 Å². The van der Waals surface area contributed by atoms with E-state index in [0.29, 0.717) is 5.39 Å². The van der Waals surface area contributed by atoms with E-state index in [1.807, 2.05) is 0 Å². The van der Waals surface area contributed by atoms with Crippen molar-refractivity contribution in [3.8, 4) is 0 Å². The summed E-state index contributed by atoms with van der Waals surface area (Å²) in [7, 11) is 0. The molecule has 0 fully saturated rings. The van der Waals surface area contributed by atoms with Gasteiger partial charge in [0.05, 0.1) is 10.3 Å². The van der Waals surface area contributed by atoms with Gasteiger partial charge in [-0.1, -0.05) is 13.8 Å². The Kier molecular flexibility index (Phi) is 5.05. The molecule has 0 bridgehead atoms. The maximum atomic E-state index is 11.1.